The maximum absolute atomic E-state index is 8.86. The molecule has 0 aliphatic heterocycles. The van der Waals surface area contributed by atoms with E-state index < -0.39 is 0 Å². The summed E-state index contributed by atoms with van der Waals surface area (Å²) in [5.41, 5.74) is 10.2. The van der Waals surface area contributed by atoms with Crippen LogP contribution in [-0.4, -0.2) is 0 Å². The van der Waals surface area contributed by atoms with Gasteiger partial charge in [-0.2, -0.15) is 5.26 Å². The van der Waals surface area contributed by atoms with Gasteiger partial charge in [-0.05, 0) is 36.2 Å². The molecule has 2 rings (SSSR count). The van der Waals surface area contributed by atoms with E-state index >= 15 is 0 Å². The summed E-state index contributed by atoms with van der Waals surface area (Å²) in [6.45, 7) is 2.66. The Morgan fingerprint density at radius 1 is 1.11 bits per heavy atom. The molecule has 90 valence electrons. The molecule has 0 saturated carbocycles. The van der Waals surface area contributed by atoms with Gasteiger partial charge < -0.3 is 5.43 Å². The van der Waals surface area contributed by atoms with E-state index in [0.29, 0.717) is 6.54 Å². The minimum atomic E-state index is 0.710. The van der Waals surface area contributed by atoms with Crippen LogP contribution in [0.3, 0.4) is 0 Å². The van der Waals surface area contributed by atoms with E-state index in [4.69, 9.17) is 5.26 Å². The third-order valence-corrected chi connectivity index (χ3v) is 2.71. The average Bonchev–Trinajstić information content (AvgIpc) is 2.40. The quantitative estimate of drug-likeness (QED) is 0.804. The zero-order chi connectivity index (χ0) is 12.8. The Labute approximate surface area is 107 Å². The molecule has 0 unspecified atom stereocenters. The summed E-state index contributed by atoms with van der Waals surface area (Å²) in [5, 5.41) is 8.86. The fraction of sp³-hybridized carbons (Fsp3) is 0.133. The molecule has 0 saturated heterocycles. The van der Waals surface area contributed by atoms with Gasteiger partial charge in [-0.1, -0.05) is 30.3 Å². The van der Waals surface area contributed by atoms with Gasteiger partial charge >= 0.3 is 0 Å². The molecule has 2 N–H and O–H groups in total. The number of benzene rings is 2. The SMILES string of the molecule is Cc1cc(CNNc2ccccc2)ccc1C#N. The van der Waals surface area contributed by atoms with E-state index in [1.54, 1.807) is 0 Å². The van der Waals surface area contributed by atoms with Gasteiger partial charge in [0.25, 0.3) is 0 Å². The van der Waals surface area contributed by atoms with Crippen LogP contribution in [0.2, 0.25) is 0 Å². The summed E-state index contributed by atoms with van der Waals surface area (Å²) in [6, 6.07) is 18.0. The van der Waals surface area contributed by atoms with Crippen LogP contribution < -0.4 is 10.9 Å². The topological polar surface area (TPSA) is 47.8 Å². The third-order valence-electron chi connectivity index (χ3n) is 2.71. The lowest BCUT2D eigenvalue weighted by Crippen LogP contribution is -2.20. The lowest BCUT2D eigenvalue weighted by atomic mass is 10.1. The summed E-state index contributed by atoms with van der Waals surface area (Å²) in [6.07, 6.45) is 0. The van der Waals surface area contributed by atoms with Crippen molar-refractivity contribution >= 4 is 5.69 Å². The smallest absolute Gasteiger partial charge is 0.0994 e. The van der Waals surface area contributed by atoms with Gasteiger partial charge in [0.15, 0.2) is 0 Å². The maximum Gasteiger partial charge on any atom is 0.0994 e. The number of rotatable bonds is 4. The van der Waals surface area contributed by atoms with Crippen molar-refractivity contribution in [3.63, 3.8) is 0 Å². The van der Waals surface area contributed by atoms with Gasteiger partial charge in [-0.3, -0.25) is 0 Å². The van der Waals surface area contributed by atoms with Crippen LogP contribution in [0.5, 0.6) is 0 Å². The van der Waals surface area contributed by atoms with Crippen LogP contribution in [0.1, 0.15) is 16.7 Å². The molecule has 0 radical (unpaired) electrons. The van der Waals surface area contributed by atoms with E-state index in [0.717, 1.165) is 22.4 Å². The van der Waals surface area contributed by atoms with Crippen LogP contribution in [0.25, 0.3) is 0 Å². The second kappa shape index (κ2) is 5.85. The highest BCUT2D eigenvalue weighted by molar-refractivity contribution is 5.42. The van der Waals surface area contributed by atoms with Crippen LogP contribution in [0.4, 0.5) is 5.69 Å². The van der Waals surface area contributed by atoms with Gasteiger partial charge in [0.05, 0.1) is 11.6 Å². The van der Waals surface area contributed by atoms with E-state index in [2.05, 4.69) is 16.9 Å². The van der Waals surface area contributed by atoms with Gasteiger partial charge in [-0.15, -0.1) is 0 Å². The Hall–Kier alpha value is -2.31. The summed E-state index contributed by atoms with van der Waals surface area (Å²) in [7, 11) is 0. The summed E-state index contributed by atoms with van der Waals surface area (Å²) in [4.78, 5) is 0. The molecule has 0 spiro atoms. The Kier molecular flexibility index (Phi) is 3.95. The minimum absolute atomic E-state index is 0.710. The molecule has 0 heterocycles. The zero-order valence-electron chi connectivity index (χ0n) is 10.3. The van der Waals surface area contributed by atoms with Crippen LogP contribution >= 0.6 is 0 Å². The van der Waals surface area contributed by atoms with Crippen LogP contribution in [0, 0.1) is 18.3 Å². The molecule has 2 aromatic rings. The highest BCUT2D eigenvalue weighted by Gasteiger charge is 1.98. The lowest BCUT2D eigenvalue weighted by Gasteiger charge is -2.09. The number of nitrogens with one attached hydrogen (secondary N) is 2. The Balaban J connectivity index is 1.91. The van der Waals surface area contributed by atoms with Gasteiger partial charge in [-0.25, -0.2) is 5.43 Å². The monoisotopic (exact) mass is 237 g/mol. The number of aryl methyl sites for hydroxylation is 1. The Bertz CT molecular complexity index is 556. The van der Waals surface area contributed by atoms with Crippen molar-refractivity contribution < 1.29 is 0 Å². The van der Waals surface area contributed by atoms with Crippen LogP contribution in [-0.2, 0) is 6.54 Å². The molecule has 0 aliphatic rings. The zero-order valence-corrected chi connectivity index (χ0v) is 10.3. The molecule has 0 bridgehead atoms. The predicted octanol–water partition coefficient (Wildman–Crippen LogP) is 2.98. The molecule has 2 aromatic carbocycles. The molecule has 0 amide bonds. The molecule has 18 heavy (non-hydrogen) atoms. The minimum Gasteiger partial charge on any atom is -0.321 e. The summed E-state index contributed by atoms with van der Waals surface area (Å²) < 4.78 is 0. The highest BCUT2D eigenvalue weighted by atomic mass is 15.3. The lowest BCUT2D eigenvalue weighted by molar-refractivity contribution is 0.800. The number of hydrogen-bond acceptors (Lipinski definition) is 3. The number of nitrogens with zero attached hydrogens (tertiary/aromatic N) is 1. The van der Waals surface area contributed by atoms with Crippen molar-refractivity contribution in [2.24, 2.45) is 0 Å². The standard InChI is InChI=1S/C15H15N3/c1-12-9-13(7-8-14(12)10-16)11-17-18-15-5-3-2-4-6-15/h2-9,17-18H,11H2,1H3. The van der Waals surface area contributed by atoms with Gasteiger partial charge in [0.1, 0.15) is 0 Å². The molecule has 0 atom stereocenters. The van der Waals surface area contributed by atoms with E-state index in [1.165, 1.54) is 0 Å². The van der Waals surface area contributed by atoms with Gasteiger partial charge in [0.2, 0.25) is 0 Å². The molecule has 0 aromatic heterocycles. The molecular weight excluding hydrogens is 222 g/mol. The normalized spacial score (nSPS) is 9.78. The average molecular weight is 237 g/mol. The van der Waals surface area contributed by atoms with Crippen molar-refractivity contribution in [2.75, 3.05) is 5.43 Å². The molecule has 0 aliphatic carbocycles. The van der Waals surface area contributed by atoms with E-state index in [-0.39, 0.29) is 0 Å². The second-order valence-corrected chi connectivity index (χ2v) is 4.11. The number of anilines is 1. The maximum atomic E-state index is 8.86. The van der Waals surface area contributed by atoms with Gasteiger partial charge in [0, 0.05) is 12.2 Å². The Morgan fingerprint density at radius 2 is 1.89 bits per heavy atom. The number of hydrazine groups is 1. The van der Waals surface area contributed by atoms with Crippen molar-refractivity contribution in [3.8, 4) is 6.07 Å². The van der Waals surface area contributed by atoms with Crippen molar-refractivity contribution in [2.45, 2.75) is 13.5 Å². The van der Waals surface area contributed by atoms with Crippen LogP contribution in [0.15, 0.2) is 48.5 Å². The summed E-state index contributed by atoms with van der Waals surface area (Å²) >= 11 is 0. The first-order chi connectivity index (χ1) is 8.79. The first kappa shape index (κ1) is 12.2. The predicted molar refractivity (Wildman–Crippen MR) is 72.8 cm³/mol. The number of hydrogen-bond donors (Lipinski definition) is 2. The molecule has 3 nitrogen and oxygen atoms in total. The largest absolute Gasteiger partial charge is 0.321 e. The van der Waals surface area contributed by atoms with Crippen molar-refractivity contribution in [1.82, 2.24) is 5.43 Å². The third kappa shape index (κ3) is 3.09. The number of para-hydroxylation sites is 1. The molecule has 0 fully saturated rings. The van der Waals surface area contributed by atoms with Crippen molar-refractivity contribution in [3.05, 3.63) is 65.2 Å². The highest BCUT2D eigenvalue weighted by Crippen LogP contribution is 2.10. The first-order valence-corrected chi connectivity index (χ1v) is 5.83. The molecular formula is C15H15N3. The van der Waals surface area contributed by atoms with E-state index in [9.17, 15) is 0 Å². The fourth-order valence-corrected chi connectivity index (χ4v) is 1.73. The number of nitriles is 1. The molecule has 3 heteroatoms. The fourth-order valence-electron chi connectivity index (χ4n) is 1.73. The van der Waals surface area contributed by atoms with Crippen molar-refractivity contribution in [1.29, 1.82) is 5.26 Å². The van der Waals surface area contributed by atoms with E-state index in [1.807, 2.05) is 55.5 Å². The first-order valence-electron chi connectivity index (χ1n) is 5.83. The Morgan fingerprint density at radius 3 is 2.56 bits per heavy atom. The second-order valence-electron chi connectivity index (χ2n) is 4.11. The summed E-state index contributed by atoms with van der Waals surface area (Å²) in [5.74, 6) is 0.